The van der Waals surface area contributed by atoms with Gasteiger partial charge in [-0.25, -0.2) is 4.68 Å². The predicted octanol–water partition coefficient (Wildman–Crippen LogP) is 6.01. The maximum absolute atomic E-state index is 13.2. The van der Waals surface area contributed by atoms with Crippen LogP contribution < -0.4 is 10.9 Å². The van der Waals surface area contributed by atoms with Crippen molar-refractivity contribution in [1.29, 1.82) is 0 Å². The van der Waals surface area contributed by atoms with Crippen molar-refractivity contribution in [3.8, 4) is 5.69 Å². The maximum atomic E-state index is 13.2. The molecule has 0 radical (unpaired) electrons. The van der Waals surface area contributed by atoms with E-state index in [2.05, 4.69) is 21.2 Å². The van der Waals surface area contributed by atoms with E-state index in [1.54, 1.807) is 59.4 Å². The highest BCUT2D eigenvalue weighted by molar-refractivity contribution is 9.10. The molecule has 0 saturated carbocycles. The van der Waals surface area contributed by atoms with E-state index < -0.39 is 11.5 Å². The molecule has 0 unspecified atom stereocenters. The SMILES string of the molecule is O=C(Nc1ccc(Br)cc1)c1cn(Cc2ccc(Cl)cc2)n(-c2ccc(Cl)cc2)c1=O. The van der Waals surface area contributed by atoms with E-state index in [0.29, 0.717) is 28.0 Å². The van der Waals surface area contributed by atoms with E-state index in [0.717, 1.165) is 10.0 Å². The predicted molar refractivity (Wildman–Crippen MR) is 128 cm³/mol. The molecule has 4 aromatic rings. The first-order chi connectivity index (χ1) is 14.9. The lowest BCUT2D eigenvalue weighted by atomic mass is 10.2. The summed E-state index contributed by atoms with van der Waals surface area (Å²) < 4.78 is 4.05. The molecule has 0 aliphatic carbocycles. The largest absolute Gasteiger partial charge is 0.322 e. The molecule has 0 fully saturated rings. The first kappa shape index (κ1) is 21.4. The van der Waals surface area contributed by atoms with Crippen LogP contribution >= 0.6 is 39.1 Å². The number of nitrogens with zero attached hydrogens (tertiary/aromatic N) is 2. The van der Waals surface area contributed by atoms with Crippen LogP contribution in [-0.2, 0) is 6.54 Å². The molecule has 1 N–H and O–H groups in total. The lowest BCUT2D eigenvalue weighted by Crippen LogP contribution is -2.26. The normalized spacial score (nSPS) is 10.8. The topological polar surface area (TPSA) is 56.0 Å². The zero-order valence-corrected chi connectivity index (χ0v) is 19.2. The Bertz CT molecular complexity index is 1280. The summed E-state index contributed by atoms with van der Waals surface area (Å²) in [7, 11) is 0. The smallest absolute Gasteiger partial charge is 0.284 e. The number of carbonyl (C=O) groups is 1. The van der Waals surface area contributed by atoms with Gasteiger partial charge in [-0.1, -0.05) is 51.3 Å². The number of carbonyl (C=O) groups excluding carboxylic acids is 1. The lowest BCUT2D eigenvalue weighted by molar-refractivity contribution is 0.102. The van der Waals surface area contributed by atoms with E-state index in [1.165, 1.54) is 4.68 Å². The Kier molecular flexibility index (Phi) is 6.32. The Morgan fingerprint density at radius 3 is 2.06 bits per heavy atom. The van der Waals surface area contributed by atoms with Crippen molar-refractivity contribution in [2.75, 3.05) is 5.32 Å². The number of rotatable bonds is 5. The Morgan fingerprint density at radius 1 is 0.871 bits per heavy atom. The van der Waals surface area contributed by atoms with E-state index in [4.69, 9.17) is 23.2 Å². The van der Waals surface area contributed by atoms with Crippen LogP contribution in [0, 0.1) is 0 Å². The molecular formula is C23H16BrCl2N3O2. The number of amides is 1. The maximum Gasteiger partial charge on any atom is 0.284 e. The van der Waals surface area contributed by atoms with E-state index >= 15 is 0 Å². The second-order valence-corrected chi connectivity index (χ2v) is 8.61. The van der Waals surface area contributed by atoms with Gasteiger partial charge >= 0.3 is 0 Å². The summed E-state index contributed by atoms with van der Waals surface area (Å²) in [6.07, 6.45) is 1.56. The summed E-state index contributed by atoms with van der Waals surface area (Å²) in [6.45, 7) is 0.376. The minimum atomic E-state index is -0.482. The van der Waals surface area contributed by atoms with Gasteiger partial charge in [-0.2, -0.15) is 0 Å². The molecule has 0 bridgehead atoms. The fraction of sp³-hybridized carbons (Fsp3) is 0.0435. The van der Waals surface area contributed by atoms with Gasteiger partial charge in [-0.15, -0.1) is 0 Å². The molecule has 8 heteroatoms. The summed E-state index contributed by atoms with van der Waals surface area (Å²) in [5.74, 6) is -0.482. The zero-order valence-electron chi connectivity index (χ0n) is 16.1. The highest BCUT2D eigenvalue weighted by Gasteiger charge is 2.19. The Balaban J connectivity index is 1.74. The fourth-order valence-corrected chi connectivity index (χ4v) is 3.64. The molecule has 1 amide bonds. The molecule has 1 aromatic heterocycles. The third kappa shape index (κ3) is 4.93. The third-order valence-electron chi connectivity index (χ3n) is 4.63. The summed E-state index contributed by atoms with van der Waals surface area (Å²) >= 11 is 15.4. The third-order valence-corrected chi connectivity index (χ3v) is 5.67. The van der Waals surface area contributed by atoms with Gasteiger partial charge in [-0.3, -0.25) is 14.3 Å². The molecule has 0 saturated heterocycles. The highest BCUT2D eigenvalue weighted by atomic mass is 79.9. The second kappa shape index (κ2) is 9.14. The van der Waals surface area contributed by atoms with Crippen LogP contribution in [0.3, 0.4) is 0 Å². The van der Waals surface area contributed by atoms with Crippen molar-refractivity contribution in [3.05, 3.63) is 115 Å². The van der Waals surface area contributed by atoms with Crippen LogP contribution in [0.1, 0.15) is 15.9 Å². The van der Waals surface area contributed by atoms with Crippen LogP contribution in [0.15, 0.2) is 88.3 Å². The molecule has 0 atom stereocenters. The number of hydrogen-bond acceptors (Lipinski definition) is 2. The zero-order chi connectivity index (χ0) is 22.0. The molecule has 0 aliphatic rings. The first-order valence-electron chi connectivity index (χ1n) is 9.30. The van der Waals surface area contributed by atoms with Crippen LogP contribution in [0.2, 0.25) is 10.0 Å². The fourth-order valence-electron chi connectivity index (χ4n) is 3.12. The standard InChI is InChI=1S/C23H16BrCl2N3O2/c24-16-3-9-19(10-4-16)27-22(30)21-14-28(13-15-1-5-17(25)6-2-15)29(23(21)31)20-11-7-18(26)8-12-20/h1-12,14H,13H2,(H,27,30). The Hall–Kier alpha value is -2.80. The average Bonchev–Trinajstić information content (AvgIpc) is 3.08. The Labute approximate surface area is 196 Å². The summed E-state index contributed by atoms with van der Waals surface area (Å²) in [4.78, 5) is 26.1. The van der Waals surface area contributed by atoms with Crippen molar-refractivity contribution in [2.45, 2.75) is 6.54 Å². The van der Waals surface area contributed by atoms with Crippen molar-refractivity contribution >= 4 is 50.7 Å². The number of anilines is 1. The number of hydrogen-bond donors (Lipinski definition) is 1. The monoisotopic (exact) mass is 515 g/mol. The highest BCUT2D eigenvalue weighted by Crippen LogP contribution is 2.17. The molecule has 156 valence electrons. The van der Waals surface area contributed by atoms with Crippen LogP contribution in [0.5, 0.6) is 0 Å². The molecule has 0 aliphatic heterocycles. The summed E-state index contributed by atoms with van der Waals surface area (Å²) in [5.41, 5.74) is 1.74. The first-order valence-corrected chi connectivity index (χ1v) is 10.9. The number of aromatic nitrogens is 2. The minimum Gasteiger partial charge on any atom is -0.322 e. The van der Waals surface area contributed by atoms with Crippen molar-refractivity contribution in [1.82, 2.24) is 9.36 Å². The van der Waals surface area contributed by atoms with Gasteiger partial charge in [0.1, 0.15) is 5.56 Å². The van der Waals surface area contributed by atoms with E-state index in [-0.39, 0.29) is 5.56 Å². The van der Waals surface area contributed by atoms with Crippen LogP contribution in [-0.4, -0.2) is 15.3 Å². The quantitative estimate of drug-likeness (QED) is 0.353. The number of benzene rings is 3. The van der Waals surface area contributed by atoms with Gasteiger partial charge in [0.15, 0.2) is 0 Å². The van der Waals surface area contributed by atoms with Gasteiger partial charge in [0, 0.05) is 26.4 Å². The van der Waals surface area contributed by atoms with Crippen molar-refractivity contribution in [2.24, 2.45) is 0 Å². The van der Waals surface area contributed by atoms with Gasteiger partial charge < -0.3 is 5.32 Å². The lowest BCUT2D eigenvalue weighted by Gasteiger charge is -2.12. The van der Waals surface area contributed by atoms with Crippen LogP contribution in [0.4, 0.5) is 5.69 Å². The molecule has 4 rings (SSSR count). The van der Waals surface area contributed by atoms with Crippen LogP contribution in [0.25, 0.3) is 5.69 Å². The molecule has 31 heavy (non-hydrogen) atoms. The molecule has 5 nitrogen and oxygen atoms in total. The minimum absolute atomic E-state index is 0.0341. The molecule has 0 spiro atoms. The second-order valence-electron chi connectivity index (χ2n) is 6.82. The van der Waals surface area contributed by atoms with Gasteiger partial charge in [0.2, 0.25) is 0 Å². The summed E-state index contributed by atoms with van der Waals surface area (Å²) in [6, 6.07) is 21.3. The number of halogens is 3. The van der Waals surface area contributed by atoms with E-state index in [1.807, 2.05) is 24.3 Å². The van der Waals surface area contributed by atoms with Gasteiger partial charge in [0.25, 0.3) is 11.5 Å². The van der Waals surface area contributed by atoms with Gasteiger partial charge in [0.05, 0.1) is 12.2 Å². The van der Waals surface area contributed by atoms with Crippen molar-refractivity contribution in [3.63, 3.8) is 0 Å². The van der Waals surface area contributed by atoms with Gasteiger partial charge in [-0.05, 0) is 66.2 Å². The Morgan fingerprint density at radius 2 is 1.45 bits per heavy atom. The molecule has 1 heterocycles. The average molecular weight is 517 g/mol. The molecular weight excluding hydrogens is 501 g/mol. The summed E-state index contributed by atoms with van der Waals surface area (Å²) in [5, 5.41) is 3.96. The number of nitrogens with one attached hydrogen (secondary N) is 1. The van der Waals surface area contributed by atoms with E-state index in [9.17, 15) is 9.59 Å². The van der Waals surface area contributed by atoms with Crippen molar-refractivity contribution < 1.29 is 4.79 Å². The molecule has 3 aromatic carbocycles.